The van der Waals surface area contributed by atoms with Gasteiger partial charge in [0.05, 0.1) is 5.75 Å². The molecule has 3 nitrogen and oxygen atoms in total. The number of hydrogen-bond acceptors (Lipinski definition) is 4. The van der Waals surface area contributed by atoms with Gasteiger partial charge in [0.15, 0.2) is 0 Å². The molecule has 0 spiro atoms. The van der Waals surface area contributed by atoms with Gasteiger partial charge in [-0.1, -0.05) is 17.7 Å². The maximum atomic E-state index is 12.3. The number of nitriles is 1. The van der Waals surface area contributed by atoms with E-state index in [1.54, 1.807) is 11.8 Å². The fourth-order valence-corrected chi connectivity index (χ4v) is 3.90. The summed E-state index contributed by atoms with van der Waals surface area (Å²) in [4.78, 5) is 14.3. The van der Waals surface area contributed by atoms with Crippen molar-refractivity contribution < 1.29 is 4.79 Å². The van der Waals surface area contributed by atoms with Gasteiger partial charge in [0.2, 0.25) is 5.91 Å². The Morgan fingerprint density at radius 3 is 2.33 bits per heavy atom. The van der Waals surface area contributed by atoms with Gasteiger partial charge in [0.1, 0.15) is 5.40 Å². The largest absolute Gasteiger partial charge is 0.325 e. The van der Waals surface area contributed by atoms with Crippen LogP contribution in [-0.4, -0.2) is 11.7 Å². The van der Waals surface area contributed by atoms with Crippen LogP contribution < -0.4 is 5.32 Å². The van der Waals surface area contributed by atoms with Crippen LogP contribution in [0.15, 0.2) is 40.1 Å². The van der Waals surface area contributed by atoms with Gasteiger partial charge in [0.25, 0.3) is 0 Å². The first-order valence-electron chi connectivity index (χ1n) is 7.58. The zero-order valence-electron chi connectivity index (χ0n) is 14.3. The highest BCUT2D eigenvalue weighted by atomic mass is 32.2. The van der Waals surface area contributed by atoms with Gasteiger partial charge >= 0.3 is 0 Å². The molecule has 2 aromatic carbocycles. The van der Waals surface area contributed by atoms with Gasteiger partial charge in [-0.2, -0.15) is 5.26 Å². The highest BCUT2D eigenvalue weighted by molar-refractivity contribution is 8.03. The molecule has 0 aromatic heterocycles. The average Bonchev–Trinajstić information content (AvgIpc) is 2.50. The maximum absolute atomic E-state index is 12.3. The van der Waals surface area contributed by atoms with Crippen LogP contribution in [-0.2, 0) is 4.79 Å². The molecule has 1 N–H and O–H groups in total. The number of thioether (sulfide) groups is 2. The summed E-state index contributed by atoms with van der Waals surface area (Å²) in [7, 11) is 0. The zero-order chi connectivity index (χ0) is 17.7. The minimum atomic E-state index is -0.0214. The van der Waals surface area contributed by atoms with Crippen molar-refractivity contribution in [2.45, 2.75) is 37.5 Å². The van der Waals surface area contributed by atoms with Gasteiger partial charge in [0, 0.05) is 15.5 Å². The van der Waals surface area contributed by atoms with E-state index in [0.717, 1.165) is 38.4 Å². The van der Waals surface area contributed by atoms with E-state index in [1.807, 2.05) is 26.0 Å². The standard InChI is InChI=1S/C19H20N2OS2/c1-12-5-6-17(13(2)7-12)23-10-18(22)21-19-14(3)8-16(24-11-20)9-15(19)4/h5-9H,10H2,1-4H3,(H,21,22). The molecule has 0 bridgehead atoms. The molecule has 0 atom stereocenters. The Morgan fingerprint density at radius 2 is 1.75 bits per heavy atom. The van der Waals surface area contributed by atoms with Crippen molar-refractivity contribution in [3.8, 4) is 5.40 Å². The first kappa shape index (κ1) is 18.4. The number of carbonyl (C=O) groups excluding carboxylic acids is 1. The number of nitrogens with zero attached hydrogens (tertiary/aromatic N) is 1. The van der Waals surface area contributed by atoms with Crippen molar-refractivity contribution in [1.29, 1.82) is 5.26 Å². The Balaban J connectivity index is 2.03. The Hall–Kier alpha value is -1.90. The summed E-state index contributed by atoms with van der Waals surface area (Å²) >= 11 is 2.68. The number of anilines is 1. The molecule has 0 fully saturated rings. The van der Waals surface area contributed by atoms with E-state index >= 15 is 0 Å². The molecule has 0 heterocycles. The van der Waals surface area contributed by atoms with Crippen LogP contribution in [0.25, 0.3) is 0 Å². The van der Waals surface area contributed by atoms with Crippen molar-refractivity contribution in [1.82, 2.24) is 0 Å². The summed E-state index contributed by atoms with van der Waals surface area (Å²) < 4.78 is 0. The van der Waals surface area contributed by atoms with Crippen molar-refractivity contribution >= 4 is 35.1 Å². The summed E-state index contributed by atoms with van der Waals surface area (Å²) in [6.45, 7) is 8.02. The van der Waals surface area contributed by atoms with Crippen molar-refractivity contribution in [2.24, 2.45) is 0 Å². The van der Waals surface area contributed by atoms with E-state index in [1.165, 1.54) is 11.1 Å². The minimum absolute atomic E-state index is 0.0214. The molecule has 1 amide bonds. The molecule has 0 saturated heterocycles. The SMILES string of the molecule is Cc1ccc(SCC(=O)Nc2c(C)cc(SC#N)cc2C)c(C)c1. The Morgan fingerprint density at radius 1 is 1.08 bits per heavy atom. The second kappa shape index (κ2) is 8.27. The summed E-state index contributed by atoms with van der Waals surface area (Å²) in [5.41, 5.74) is 5.19. The third kappa shape index (κ3) is 4.80. The predicted octanol–water partition coefficient (Wildman–Crippen LogP) is 5.22. The summed E-state index contributed by atoms with van der Waals surface area (Å²) in [5, 5.41) is 13.8. The normalized spacial score (nSPS) is 10.3. The highest BCUT2D eigenvalue weighted by Gasteiger charge is 2.10. The van der Waals surface area contributed by atoms with Crippen LogP contribution in [0.3, 0.4) is 0 Å². The van der Waals surface area contributed by atoms with Crippen LogP contribution >= 0.6 is 23.5 Å². The molecule has 0 aliphatic carbocycles. The maximum Gasteiger partial charge on any atom is 0.234 e. The number of amides is 1. The van der Waals surface area contributed by atoms with Gasteiger partial charge in [-0.3, -0.25) is 4.79 Å². The van der Waals surface area contributed by atoms with Gasteiger partial charge in [-0.05, 0) is 74.3 Å². The van der Waals surface area contributed by atoms with E-state index in [4.69, 9.17) is 5.26 Å². The van der Waals surface area contributed by atoms with E-state index in [0.29, 0.717) is 5.75 Å². The fourth-order valence-electron chi connectivity index (χ4n) is 2.51. The first-order chi connectivity index (χ1) is 11.4. The van der Waals surface area contributed by atoms with Crippen LogP contribution in [0.5, 0.6) is 0 Å². The second-order valence-corrected chi connectivity index (χ2v) is 7.61. The van der Waals surface area contributed by atoms with Crippen LogP contribution in [0.2, 0.25) is 0 Å². The van der Waals surface area contributed by atoms with Gasteiger partial charge in [-0.15, -0.1) is 11.8 Å². The number of carbonyl (C=O) groups is 1. The smallest absolute Gasteiger partial charge is 0.234 e. The van der Waals surface area contributed by atoms with Crippen LogP contribution in [0, 0.1) is 38.4 Å². The number of nitrogens with one attached hydrogen (secondary N) is 1. The lowest BCUT2D eigenvalue weighted by atomic mass is 10.1. The van der Waals surface area contributed by atoms with Crippen LogP contribution in [0.1, 0.15) is 22.3 Å². The second-order valence-electron chi connectivity index (χ2n) is 5.73. The van der Waals surface area contributed by atoms with E-state index < -0.39 is 0 Å². The summed E-state index contributed by atoms with van der Waals surface area (Å²) in [5.74, 6) is 0.351. The Labute approximate surface area is 151 Å². The molecule has 0 aliphatic rings. The number of aryl methyl sites for hydroxylation is 4. The number of thiocyanates is 1. The lowest BCUT2D eigenvalue weighted by Gasteiger charge is -2.13. The molecule has 0 saturated carbocycles. The van der Waals surface area contributed by atoms with E-state index in [9.17, 15) is 4.79 Å². The number of hydrogen-bond donors (Lipinski definition) is 1. The highest BCUT2D eigenvalue weighted by Crippen LogP contribution is 2.28. The molecule has 24 heavy (non-hydrogen) atoms. The average molecular weight is 357 g/mol. The third-order valence-electron chi connectivity index (χ3n) is 3.62. The number of rotatable bonds is 5. The summed E-state index contributed by atoms with van der Waals surface area (Å²) in [6, 6.07) is 10.1. The molecule has 0 unspecified atom stereocenters. The molecule has 0 aliphatic heterocycles. The fraction of sp³-hybridized carbons (Fsp3) is 0.263. The van der Waals surface area contributed by atoms with Gasteiger partial charge in [-0.25, -0.2) is 0 Å². The molecule has 5 heteroatoms. The number of benzene rings is 2. The monoisotopic (exact) mass is 356 g/mol. The molecule has 124 valence electrons. The Kier molecular flexibility index (Phi) is 6.36. The molecule has 2 rings (SSSR count). The predicted molar refractivity (Wildman–Crippen MR) is 103 cm³/mol. The topological polar surface area (TPSA) is 52.9 Å². The first-order valence-corrected chi connectivity index (χ1v) is 9.38. The third-order valence-corrected chi connectivity index (χ3v) is 5.36. The lowest BCUT2D eigenvalue weighted by molar-refractivity contribution is -0.113. The van der Waals surface area contributed by atoms with Gasteiger partial charge < -0.3 is 5.32 Å². The van der Waals surface area contributed by atoms with Crippen molar-refractivity contribution in [2.75, 3.05) is 11.1 Å². The summed E-state index contributed by atoms with van der Waals surface area (Å²) in [6.07, 6.45) is 0. The van der Waals surface area contributed by atoms with Crippen LogP contribution in [0.4, 0.5) is 5.69 Å². The van der Waals surface area contributed by atoms with E-state index in [2.05, 4.69) is 42.8 Å². The van der Waals surface area contributed by atoms with Crippen molar-refractivity contribution in [3.63, 3.8) is 0 Å². The van der Waals surface area contributed by atoms with E-state index in [-0.39, 0.29) is 5.91 Å². The Bertz CT molecular complexity index is 786. The molecular formula is C19H20N2OS2. The zero-order valence-corrected chi connectivity index (χ0v) is 15.9. The molecular weight excluding hydrogens is 336 g/mol. The van der Waals surface area contributed by atoms with Crippen molar-refractivity contribution in [3.05, 3.63) is 52.6 Å². The minimum Gasteiger partial charge on any atom is -0.325 e. The quantitative estimate of drug-likeness (QED) is 0.589. The lowest BCUT2D eigenvalue weighted by Crippen LogP contribution is -2.16. The molecule has 2 aromatic rings. The molecule has 0 radical (unpaired) electrons.